The topological polar surface area (TPSA) is 58.0 Å². The third-order valence-corrected chi connectivity index (χ3v) is 3.76. The van der Waals surface area contributed by atoms with E-state index in [0.29, 0.717) is 6.54 Å². The van der Waals surface area contributed by atoms with Gasteiger partial charge in [-0.2, -0.15) is 0 Å². The minimum atomic E-state index is -0.225. The van der Waals surface area contributed by atoms with Gasteiger partial charge in [0, 0.05) is 30.1 Å². The van der Waals surface area contributed by atoms with Gasteiger partial charge in [-0.25, -0.2) is 4.39 Å². The Balaban J connectivity index is 1.59. The molecule has 0 fully saturated rings. The third kappa shape index (κ3) is 4.14. The molecule has 3 rings (SSSR count). The van der Waals surface area contributed by atoms with Gasteiger partial charge in [-0.05, 0) is 48.9 Å². The minimum Gasteiger partial charge on any atom is -0.508 e. The first-order valence-corrected chi connectivity index (χ1v) is 7.76. The summed E-state index contributed by atoms with van der Waals surface area (Å²) in [5.74, 6) is 0.0226. The Morgan fingerprint density at radius 3 is 2.62 bits per heavy atom. The lowest BCUT2D eigenvalue weighted by molar-refractivity contribution is 0.464. The number of aromatic nitrogens is 2. The van der Waals surface area contributed by atoms with Crippen LogP contribution in [-0.2, 0) is 13.0 Å². The van der Waals surface area contributed by atoms with Crippen molar-refractivity contribution >= 4 is 0 Å². The van der Waals surface area contributed by atoms with E-state index in [4.69, 9.17) is 0 Å². The summed E-state index contributed by atoms with van der Waals surface area (Å²) in [5, 5.41) is 13.3. The van der Waals surface area contributed by atoms with E-state index in [1.54, 1.807) is 36.8 Å². The highest BCUT2D eigenvalue weighted by atomic mass is 19.1. The molecule has 0 radical (unpaired) electrons. The fourth-order valence-electron chi connectivity index (χ4n) is 2.44. The normalized spacial score (nSPS) is 10.7. The zero-order valence-electron chi connectivity index (χ0n) is 13.1. The van der Waals surface area contributed by atoms with Crippen LogP contribution in [0.3, 0.4) is 0 Å². The van der Waals surface area contributed by atoms with Crippen LogP contribution in [-0.4, -0.2) is 21.6 Å². The summed E-state index contributed by atoms with van der Waals surface area (Å²) in [6.45, 7) is 1.28. The number of phenols is 1. The number of rotatable bonds is 6. The highest BCUT2D eigenvalue weighted by molar-refractivity contribution is 5.60. The van der Waals surface area contributed by atoms with Gasteiger partial charge in [0.05, 0.1) is 11.9 Å². The van der Waals surface area contributed by atoms with E-state index in [9.17, 15) is 9.50 Å². The Bertz CT molecular complexity index is 791. The Kier molecular flexibility index (Phi) is 5.13. The lowest BCUT2D eigenvalue weighted by Crippen LogP contribution is -2.16. The molecule has 122 valence electrons. The molecule has 0 saturated carbocycles. The Morgan fingerprint density at radius 2 is 1.88 bits per heavy atom. The molecule has 0 unspecified atom stereocenters. The molecule has 0 atom stereocenters. The van der Waals surface area contributed by atoms with Crippen LogP contribution in [0.5, 0.6) is 5.75 Å². The second kappa shape index (κ2) is 7.66. The maximum atomic E-state index is 12.9. The number of phenolic OH excluding ortho intramolecular Hbond substituents is 1. The molecule has 0 aliphatic carbocycles. The number of nitrogens with zero attached hydrogens (tertiary/aromatic N) is 2. The SMILES string of the molecule is Oc1ccc(-c2cnccn2)cc1CNCCc1ccc(F)cc1. The molecular weight excluding hydrogens is 305 g/mol. The van der Waals surface area contributed by atoms with Crippen molar-refractivity contribution in [3.05, 3.63) is 78.0 Å². The molecule has 0 saturated heterocycles. The summed E-state index contributed by atoms with van der Waals surface area (Å²) in [4.78, 5) is 8.33. The Hall–Kier alpha value is -2.79. The predicted octanol–water partition coefficient (Wildman–Crippen LogP) is 3.32. The third-order valence-electron chi connectivity index (χ3n) is 3.76. The van der Waals surface area contributed by atoms with Crippen LogP contribution in [0.25, 0.3) is 11.3 Å². The average Bonchev–Trinajstić information content (AvgIpc) is 2.62. The van der Waals surface area contributed by atoms with E-state index in [0.717, 1.165) is 35.3 Å². The first-order chi connectivity index (χ1) is 11.7. The number of hydrogen-bond donors (Lipinski definition) is 2. The monoisotopic (exact) mass is 323 g/mol. The smallest absolute Gasteiger partial charge is 0.123 e. The molecule has 1 aromatic heterocycles. The molecule has 5 heteroatoms. The minimum absolute atomic E-state index is 0.225. The number of hydrogen-bond acceptors (Lipinski definition) is 4. The summed E-state index contributed by atoms with van der Waals surface area (Å²) in [6.07, 6.45) is 5.76. The second-order valence-electron chi connectivity index (χ2n) is 5.49. The average molecular weight is 323 g/mol. The molecule has 0 amide bonds. The molecule has 0 bridgehead atoms. The van der Waals surface area contributed by atoms with Crippen LogP contribution in [0.1, 0.15) is 11.1 Å². The van der Waals surface area contributed by atoms with Gasteiger partial charge < -0.3 is 10.4 Å². The van der Waals surface area contributed by atoms with E-state index in [2.05, 4.69) is 15.3 Å². The molecule has 0 aliphatic rings. The zero-order valence-corrected chi connectivity index (χ0v) is 13.1. The molecule has 24 heavy (non-hydrogen) atoms. The summed E-state index contributed by atoms with van der Waals surface area (Å²) in [7, 11) is 0. The fourth-order valence-corrected chi connectivity index (χ4v) is 2.44. The molecule has 4 nitrogen and oxygen atoms in total. The lowest BCUT2D eigenvalue weighted by atomic mass is 10.1. The van der Waals surface area contributed by atoms with Crippen molar-refractivity contribution in [2.45, 2.75) is 13.0 Å². The molecular formula is C19H18FN3O. The summed E-state index contributed by atoms with van der Waals surface area (Å²) >= 11 is 0. The quantitative estimate of drug-likeness (QED) is 0.683. The van der Waals surface area contributed by atoms with Gasteiger partial charge in [-0.3, -0.25) is 9.97 Å². The second-order valence-corrected chi connectivity index (χ2v) is 5.49. The van der Waals surface area contributed by atoms with E-state index in [1.807, 2.05) is 12.1 Å². The molecule has 3 aromatic rings. The van der Waals surface area contributed by atoms with Gasteiger partial charge >= 0.3 is 0 Å². The fraction of sp³-hybridized carbons (Fsp3) is 0.158. The largest absolute Gasteiger partial charge is 0.508 e. The molecule has 0 aliphatic heterocycles. The molecule has 2 aromatic carbocycles. The van der Waals surface area contributed by atoms with Crippen LogP contribution in [0.2, 0.25) is 0 Å². The van der Waals surface area contributed by atoms with Gasteiger partial charge in [-0.15, -0.1) is 0 Å². The van der Waals surface area contributed by atoms with Crippen molar-refractivity contribution < 1.29 is 9.50 Å². The van der Waals surface area contributed by atoms with Gasteiger partial charge in [0.15, 0.2) is 0 Å². The van der Waals surface area contributed by atoms with Crippen LogP contribution in [0, 0.1) is 5.82 Å². The standard InChI is InChI=1S/C19H18FN3O/c20-17-4-1-14(2-5-17)7-8-21-12-16-11-15(3-6-19(16)24)18-13-22-9-10-23-18/h1-6,9-11,13,21,24H,7-8,12H2. The highest BCUT2D eigenvalue weighted by Gasteiger charge is 2.05. The summed E-state index contributed by atoms with van der Waals surface area (Å²) in [5.41, 5.74) is 3.56. The molecule has 2 N–H and O–H groups in total. The maximum Gasteiger partial charge on any atom is 0.123 e. The zero-order chi connectivity index (χ0) is 16.8. The van der Waals surface area contributed by atoms with E-state index in [-0.39, 0.29) is 11.6 Å². The first-order valence-electron chi connectivity index (χ1n) is 7.76. The number of aromatic hydroxyl groups is 1. The van der Waals surface area contributed by atoms with Crippen LogP contribution in [0.4, 0.5) is 4.39 Å². The Labute approximate surface area is 140 Å². The maximum absolute atomic E-state index is 12.9. The van der Waals surface area contributed by atoms with Gasteiger partial charge in [0.1, 0.15) is 11.6 Å². The van der Waals surface area contributed by atoms with Gasteiger partial charge in [-0.1, -0.05) is 12.1 Å². The number of halogens is 1. The van der Waals surface area contributed by atoms with Gasteiger partial charge in [0.25, 0.3) is 0 Å². The predicted molar refractivity (Wildman–Crippen MR) is 90.9 cm³/mol. The number of nitrogens with one attached hydrogen (secondary N) is 1. The summed E-state index contributed by atoms with van der Waals surface area (Å²) in [6, 6.07) is 11.9. The molecule has 1 heterocycles. The van der Waals surface area contributed by atoms with Crippen molar-refractivity contribution in [1.29, 1.82) is 0 Å². The van der Waals surface area contributed by atoms with Crippen molar-refractivity contribution in [3.63, 3.8) is 0 Å². The van der Waals surface area contributed by atoms with Crippen molar-refractivity contribution in [2.75, 3.05) is 6.54 Å². The van der Waals surface area contributed by atoms with Crippen molar-refractivity contribution in [1.82, 2.24) is 15.3 Å². The highest BCUT2D eigenvalue weighted by Crippen LogP contribution is 2.24. The van der Waals surface area contributed by atoms with Gasteiger partial charge in [0.2, 0.25) is 0 Å². The van der Waals surface area contributed by atoms with E-state index in [1.165, 1.54) is 12.1 Å². The lowest BCUT2D eigenvalue weighted by Gasteiger charge is -2.09. The van der Waals surface area contributed by atoms with E-state index >= 15 is 0 Å². The summed E-state index contributed by atoms with van der Waals surface area (Å²) < 4.78 is 12.9. The number of benzene rings is 2. The Morgan fingerprint density at radius 1 is 1.04 bits per heavy atom. The van der Waals surface area contributed by atoms with E-state index < -0.39 is 0 Å². The van der Waals surface area contributed by atoms with Crippen LogP contribution in [0.15, 0.2) is 61.1 Å². The van der Waals surface area contributed by atoms with Crippen molar-refractivity contribution in [2.24, 2.45) is 0 Å². The molecule has 0 spiro atoms. The van der Waals surface area contributed by atoms with Crippen LogP contribution >= 0.6 is 0 Å². The first kappa shape index (κ1) is 16.1. The van der Waals surface area contributed by atoms with Crippen molar-refractivity contribution in [3.8, 4) is 17.0 Å². The van der Waals surface area contributed by atoms with Crippen LogP contribution < -0.4 is 5.32 Å².